The van der Waals surface area contributed by atoms with Crippen molar-refractivity contribution in [2.45, 2.75) is 12.5 Å². The highest BCUT2D eigenvalue weighted by Crippen LogP contribution is 2.27. The van der Waals surface area contributed by atoms with Gasteiger partial charge in [0.25, 0.3) is 0 Å². The van der Waals surface area contributed by atoms with Crippen LogP contribution in [0.1, 0.15) is 22.9 Å². The molecule has 0 fully saturated rings. The average molecular weight is 599 g/mol. The monoisotopic (exact) mass is 598 g/mol. The molecule has 0 radical (unpaired) electrons. The number of methoxy groups -OCH3 is 1. The van der Waals surface area contributed by atoms with E-state index in [-0.39, 0.29) is 11.6 Å². The third-order valence-electron chi connectivity index (χ3n) is 6.35. The first-order chi connectivity index (χ1) is 20.9. The fourth-order valence-electron chi connectivity index (χ4n) is 4.27. The van der Waals surface area contributed by atoms with E-state index >= 15 is 0 Å². The molecule has 1 atom stereocenters. The number of anilines is 1. The summed E-state index contributed by atoms with van der Waals surface area (Å²) in [6.07, 6.45) is 5.57. The number of tetrazole rings is 1. The Kier molecular flexibility index (Phi) is 9.08. The van der Waals surface area contributed by atoms with Gasteiger partial charge in [-0.1, -0.05) is 48.0 Å². The average Bonchev–Trinajstić information content (AvgIpc) is 3.56. The molecule has 3 aromatic carbocycles. The lowest BCUT2D eigenvalue weighted by molar-refractivity contribution is -0.117. The van der Waals surface area contributed by atoms with Gasteiger partial charge in [0.1, 0.15) is 12.1 Å². The molecule has 0 unspecified atom stereocenters. The van der Waals surface area contributed by atoms with E-state index in [4.69, 9.17) is 11.6 Å². The third kappa shape index (κ3) is 7.43. The Hall–Kier alpha value is -5.49. The molecule has 0 aliphatic heterocycles. The molecule has 5 rings (SSSR count). The number of hydrogen-bond acceptors (Lipinski definition) is 8. The number of hydrogen-bond donors (Lipinski definition) is 2. The summed E-state index contributed by atoms with van der Waals surface area (Å²) in [4.78, 5) is 24.7. The zero-order valence-corrected chi connectivity index (χ0v) is 23.4. The van der Waals surface area contributed by atoms with E-state index < -0.39 is 18.0 Å². The van der Waals surface area contributed by atoms with Crippen molar-refractivity contribution >= 4 is 35.4 Å². The molecule has 0 saturated carbocycles. The van der Waals surface area contributed by atoms with E-state index in [1.54, 1.807) is 36.4 Å². The second kappa shape index (κ2) is 13.4. The number of benzene rings is 3. The van der Waals surface area contributed by atoms with Gasteiger partial charge >= 0.3 is 6.09 Å². The summed E-state index contributed by atoms with van der Waals surface area (Å²) in [7, 11) is 1.19. The maximum atomic E-state index is 14.7. The van der Waals surface area contributed by atoms with Crippen LogP contribution in [0.15, 0.2) is 91.4 Å². The van der Waals surface area contributed by atoms with Crippen molar-refractivity contribution in [2.75, 3.05) is 12.4 Å². The van der Waals surface area contributed by atoms with Crippen molar-refractivity contribution in [3.8, 4) is 16.8 Å². The van der Waals surface area contributed by atoms with Crippen molar-refractivity contribution in [2.24, 2.45) is 0 Å². The van der Waals surface area contributed by atoms with Gasteiger partial charge in [0.15, 0.2) is 0 Å². The van der Waals surface area contributed by atoms with Crippen LogP contribution in [0.2, 0.25) is 5.02 Å². The lowest BCUT2D eigenvalue weighted by atomic mass is 10.00. The Labute approximate surface area is 250 Å². The number of nitrogens with zero attached hydrogens (tertiary/aromatic N) is 6. The van der Waals surface area contributed by atoms with Crippen LogP contribution in [0, 0.1) is 5.82 Å². The van der Waals surface area contributed by atoms with Crippen LogP contribution < -0.4 is 10.6 Å². The minimum atomic E-state index is -0.782. The maximum absolute atomic E-state index is 14.7. The first-order valence-electron chi connectivity index (χ1n) is 12.9. The van der Waals surface area contributed by atoms with Crippen molar-refractivity contribution < 1.29 is 18.7 Å². The fourth-order valence-corrected chi connectivity index (χ4v) is 4.45. The molecule has 0 spiro atoms. The summed E-state index contributed by atoms with van der Waals surface area (Å²) in [5.74, 6) is -1.04. The van der Waals surface area contributed by atoms with E-state index in [0.717, 1.165) is 5.56 Å². The fraction of sp³-hybridized carbons (Fsp3) is 0.100. The molecule has 43 heavy (non-hydrogen) atoms. The molecular formula is C30H24ClFN8O3. The van der Waals surface area contributed by atoms with Crippen molar-refractivity contribution in [3.63, 3.8) is 0 Å². The van der Waals surface area contributed by atoms with Gasteiger partial charge in [-0.2, -0.15) is 14.9 Å². The third-order valence-corrected chi connectivity index (χ3v) is 6.59. The SMILES string of the molecule is COC(=O)Nc1ccc(-c2cnnc([C@H](Cc3ccccc3)NC(=O)C=Cc3cc(Cl)ccc3-n3cnnn3)c2)cc1F. The van der Waals surface area contributed by atoms with Crippen LogP contribution in [0.25, 0.3) is 22.9 Å². The molecule has 0 saturated heterocycles. The summed E-state index contributed by atoms with van der Waals surface area (Å²) in [6.45, 7) is 0. The number of halogens is 2. The number of carbonyl (C=O) groups excluding carboxylic acids is 2. The van der Waals surface area contributed by atoms with Gasteiger partial charge < -0.3 is 10.1 Å². The summed E-state index contributed by atoms with van der Waals surface area (Å²) in [6, 6.07) is 20.2. The smallest absolute Gasteiger partial charge is 0.411 e. The number of ether oxygens (including phenoxy) is 1. The number of rotatable bonds is 9. The van der Waals surface area contributed by atoms with Gasteiger partial charge in [-0.15, -0.1) is 5.10 Å². The van der Waals surface area contributed by atoms with Gasteiger partial charge in [-0.05, 0) is 70.4 Å². The normalized spacial score (nSPS) is 11.7. The predicted octanol–water partition coefficient (Wildman–Crippen LogP) is 5.20. The van der Waals surface area contributed by atoms with E-state index in [0.29, 0.717) is 39.5 Å². The molecule has 216 valence electrons. The highest BCUT2D eigenvalue weighted by Gasteiger charge is 2.18. The molecule has 5 aromatic rings. The zero-order chi connectivity index (χ0) is 30.2. The Morgan fingerprint density at radius 1 is 1.05 bits per heavy atom. The highest BCUT2D eigenvalue weighted by atomic mass is 35.5. The minimum absolute atomic E-state index is 0.0261. The summed E-state index contributed by atoms with van der Waals surface area (Å²) >= 11 is 6.20. The molecule has 2 aromatic heterocycles. The molecule has 0 aliphatic rings. The maximum Gasteiger partial charge on any atom is 0.411 e. The van der Waals surface area contributed by atoms with Crippen LogP contribution in [-0.2, 0) is 16.0 Å². The van der Waals surface area contributed by atoms with E-state index in [2.05, 4.69) is 41.1 Å². The number of carbonyl (C=O) groups is 2. The molecular weight excluding hydrogens is 575 g/mol. The van der Waals surface area contributed by atoms with Crippen LogP contribution in [-0.4, -0.2) is 49.5 Å². The van der Waals surface area contributed by atoms with Crippen molar-refractivity contribution in [3.05, 3.63) is 119 Å². The van der Waals surface area contributed by atoms with Gasteiger partial charge in [0.2, 0.25) is 5.91 Å². The van der Waals surface area contributed by atoms with E-state index in [9.17, 15) is 14.0 Å². The Morgan fingerprint density at radius 3 is 2.63 bits per heavy atom. The summed E-state index contributed by atoms with van der Waals surface area (Å²) in [5, 5.41) is 25.5. The Morgan fingerprint density at radius 2 is 1.88 bits per heavy atom. The largest absolute Gasteiger partial charge is 0.453 e. The van der Waals surface area contributed by atoms with Gasteiger partial charge in [0, 0.05) is 22.2 Å². The first-order valence-corrected chi connectivity index (χ1v) is 13.3. The topological polar surface area (TPSA) is 137 Å². The molecule has 0 aliphatic carbocycles. The summed E-state index contributed by atoms with van der Waals surface area (Å²) in [5.41, 5.74) is 3.75. The van der Waals surface area contributed by atoms with Crippen molar-refractivity contribution in [1.82, 2.24) is 35.7 Å². The van der Waals surface area contributed by atoms with Crippen LogP contribution in [0.5, 0.6) is 0 Å². The van der Waals surface area contributed by atoms with Crippen LogP contribution in [0.3, 0.4) is 0 Å². The van der Waals surface area contributed by atoms with Gasteiger partial charge in [-0.3, -0.25) is 10.1 Å². The van der Waals surface area contributed by atoms with Crippen molar-refractivity contribution in [1.29, 1.82) is 0 Å². The predicted molar refractivity (Wildman–Crippen MR) is 158 cm³/mol. The van der Waals surface area contributed by atoms with Crippen LogP contribution in [0.4, 0.5) is 14.9 Å². The quantitative estimate of drug-likeness (QED) is 0.221. The van der Waals surface area contributed by atoms with Crippen LogP contribution >= 0.6 is 11.6 Å². The zero-order valence-electron chi connectivity index (χ0n) is 22.7. The Balaban J connectivity index is 1.41. The van der Waals surface area contributed by atoms with E-state index in [1.807, 2.05) is 30.3 Å². The first kappa shape index (κ1) is 29.0. The van der Waals surface area contributed by atoms with Gasteiger partial charge in [-0.25, -0.2) is 9.18 Å². The second-order valence-corrected chi connectivity index (χ2v) is 9.66. The molecule has 2 amide bonds. The molecule has 2 heterocycles. The molecule has 13 heteroatoms. The number of amides is 2. The lowest BCUT2D eigenvalue weighted by Crippen LogP contribution is -2.29. The highest BCUT2D eigenvalue weighted by molar-refractivity contribution is 6.30. The van der Waals surface area contributed by atoms with E-state index in [1.165, 1.54) is 42.5 Å². The standard InChI is InChI=1S/C30H24ClFN8O3/c1-43-30(42)36-25-10-7-20(15-24(25)32)22-16-27(37-33-17-22)26(13-19-5-3-2-4-6-19)35-29(41)12-8-21-14-23(31)9-11-28(21)40-18-34-38-39-40/h2-12,14-18,26H,13H2,1H3,(H,35,41)(H,36,42)/t26-/m0/s1. The number of aromatic nitrogens is 6. The second-order valence-electron chi connectivity index (χ2n) is 9.22. The summed E-state index contributed by atoms with van der Waals surface area (Å²) < 4.78 is 20.7. The number of nitrogens with one attached hydrogen (secondary N) is 2. The minimum Gasteiger partial charge on any atom is -0.453 e. The lowest BCUT2D eigenvalue weighted by Gasteiger charge is -2.18. The molecule has 0 bridgehead atoms. The van der Waals surface area contributed by atoms with Gasteiger partial charge in [0.05, 0.1) is 36.4 Å². The Bertz CT molecular complexity index is 1770. The molecule has 2 N–H and O–H groups in total. The molecule has 11 nitrogen and oxygen atoms in total.